The van der Waals surface area contributed by atoms with E-state index in [1.165, 1.54) is 11.8 Å². The molecule has 0 radical (unpaired) electrons. The van der Waals surface area contributed by atoms with E-state index in [4.69, 9.17) is 9.47 Å². The molecule has 37 heavy (non-hydrogen) atoms. The summed E-state index contributed by atoms with van der Waals surface area (Å²) in [5, 5.41) is 3.88. The van der Waals surface area contributed by atoms with Crippen molar-refractivity contribution in [1.82, 2.24) is 9.47 Å². The molecular weight excluding hydrogens is 492 g/mol. The van der Waals surface area contributed by atoms with Crippen LogP contribution in [0.2, 0.25) is 0 Å². The molecule has 1 N–H and O–H groups in total. The summed E-state index contributed by atoms with van der Waals surface area (Å²) in [7, 11) is 1.63. The molecule has 2 aromatic carbocycles. The molecule has 9 nitrogen and oxygen atoms in total. The van der Waals surface area contributed by atoms with Gasteiger partial charge in [-0.1, -0.05) is 0 Å². The number of cyclic esters (lactones) is 1. The number of thioether (sulfide) groups is 1. The van der Waals surface area contributed by atoms with Crippen LogP contribution in [0.15, 0.2) is 58.2 Å². The van der Waals surface area contributed by atoms with Crippen molar-refractivity contribution in [1.29, 1.82) is 0 Å². The van der Waals surface area contributed by atoms with Crippen molar-refractivity contribution < 1.29 is 19.1 Å². The van der Waals surface area contributed by atoms with E-state index in [1.807, 2.05) is 47.0 Å². The molecule has 0 aliphatic carbocycles. The van der Waals surface area contributed by atoms with Crippen LogP contribution in [0.1, 0.15) is 6.42 Å². The first-order valence-electron chi connectivity index (χ1n) is 12.4. The number of fused-ring (bicyclic) bond motifs is 2. The largest absolute Gasteiger partial charge is 0.497 e. The van der Waals surface area contributed by atoms with Gasteiger partial charge in [0.1, 0.15) is 11.9 Å². The highest BCUT2D eigenvalue weighted by atomic mass is 32.2. The second-order valence-electron chi connectivity index (χ2n) is 9.75. The van der Waals surface area contributed by atoms with Gasteiger partial charge in [-0.05, 0) is 60.7 Å². The van der Waals surface area contributed by atoms with E-state index < -0.39 is 0 Å². The molecule has 6 rings (SSSR count). The molecule has 0 bridgehead atoms. The van der Waals surface area contributed by atoms with Gasteiger partial charge in [0, 0.05) is 42.3 Å². The van der Waals surface area contributed by atoms with E-state index in [0.29, 0.717) is 31.3 Å². The van der Waals surface area contributed by atoms with Crippen LogP contribution in [0, 0.1) is 5.92 Å². The van der Waals surface area contributed by atoms with Gasteiger partial charge in [-0.25, -0.2) is 4.79 Å². The van der Waals surface area contributed by atoms with Crippen molar-refractivity contribution >= 4 is 46.0 Å². The summed E-state index contributed by atoms with van der Waals surface area (Å²) in [4.78, 5) is 42.1. The van der Waals surface area contributed by atoms with Gasteiger partial charge in [-0.2, -0.15) is 0 Å². The highest BCUT2D eigenvalue weighted by molar-refractivity contribution is 8.00. The van der Waals surface area contributed by atoms with Gasteiger partial charge >= 0.3 is 6.09 Å². The highest BCUT2D eigenvalue weighted by Crippen LogP contribution is 2.35. The fraction of sp³-hybridized carbons (Fsp3) is 0.370. The number of anilines is 2. The summed E-state index contributed by atoms with van der Waals surface area (Å²) in [6, 6.07) is 14.9. The Morgan fingerprint density at radius 2 is 1.92 bits per heavy atom. The topological polar surface area (TPSA) is 93.1 Å². The Labute approximate surface area is 218 Å². The second-order valence-corrected chi connectivity index (χ2v) is 10.8. The number of ether oxygens (including phenoxy) is 2. The Morgan fingerprint density at radius 3 is 2.78 bits per heavy atom. The van der Waals surface area contributed by atoms with Crippen molar-refractivity contribution in [2.75, 3.05) is 49.3 Å². The normalized spacial score (nSPS) is 21.7. The van der Waals surface area contributed by atoms with E-state index in [-0.39, 0.29) is 23.7 Å². The van der Waals surface area contributed by atoms with Crippen molar-refractivity contribution in [2.24, 2.45) is 5.92 Å². The van der Waals surface area contributed by atoms with Gasteiger partial charge in [0.25, 0.3) is 5.56 Å². The number of benzene rings is 2. The van der Waals surface area contributed by atoms with Crippen molar-refractivity contribution in [3.63, 3.8) is 0 Å². The summed E-state index contributed by atoms with van der Waals surface area (Å²) in [6.45, 7) is 3.47. The number of nitrogens with one attached hydrogen (secondary N) is 1. The fourth-order valence-electron chi connectivity index (χ4n) is 5.42. The van der Waals surface area contributed by atoms with Gasteiger partial charge in [-0.3, -0.25) is 19.4 Å². The Bertz CT molecular complexity index is 1440. The summed E-state index contributed by atoms with van der Waals surface area (Å²) in [5.74, 6) is 1.42. The average molecular weight is 521 g/mol. The van der Waals surface area contributed by atoms with Crippen molar-refractivity contribution in [3.05, 3.63) is 58.9 Å². The number of nitrogens with zero attached hydrogens (tertiary/aromatic N) is 3. The van der Waals surface area contributed by atoms with Crippen LogP contribution < -0.4 is 20.5 Å². The third kappa shape index (κ3) is 4.78. The molecule has 3 aliphatic rings. The quantitative estimate of drug-likeness (QED) is 0.533. The minimum atomic E-state index is -0.369. The monoisotopic (exact) mass is 520 g/mol. The second kappa shape index (κ2) is 9.75. The molecule has 192 valence electrons. The maximum absolute atomic E-state index is 12.7. The molecule has 2 saturated heterocycles. The van der Waals surface area contributed by atoms with Gasteiger partial charge in [0.05, 0.1) is 30.6 Å². The van der Waals surface area contributed by atoms with Crippen LogP contribution in [0.4, 0.5) is 16.2 Å². The lowest BCUT2D eigenvalue weighted by Gasteiger charge is -2.21. The number of rotatable bonds is 6. The Balaban J connectivity index is 1.10. The number of likely N-dealkylation sites (tertiary alicyclic amines) is 1. The number of aromatic nitrogens is 1. The minimum Gasteiger partial charge on any atom is -0.497 e. The van der Waals surface area contributed by atoms with E-state index in [2.05, 4.69) is 10.2 Å². The summed E-state index contributed by atoms with van der Waals surface area (Å²) in [6.07, 6.45) is 0.363. The first-order valence-corrected chi connectivity index (χ1v) is 13.4. The molecule has 10 heteroatoms. The molecule has 0 saturated carbocycles. The fourth-order valence-corrected chi connectivity index (χ4v) is 6.21. The summed E-state index contributed by atoms with van der Waals surface area (Å²) < 4.78 is 12.9. The number of carbonyl (C=O) groups excluding carboxylic acids is 2. The predicted octanol–water partition coefficient (Wildman–Crippen LogP) is 3.40. The van der Waals surface area contributed by atoms with Gasteiger partial charge in [0.2, 0.25) is 5.91 Å². The Kier molecular flexibility index (Phi) is 6.29. The standard InChI is InChI=1S/C27H28N4O5S/c1-35-20-5-2-18-3-7-26(33)31(23(18)11-20)13-17-8-9-29(12-17)14-21-15-30(27(34)36-21)19-4-6-24-22(10-19)28-25(32)16-37-24/h2-7,10-11,17,21H,8-9,12-16H2,1H3,(H,28,32). The lowest BCUT2D eigenvalue weighted by atomic mass is 10.1. The zero-order chi connectivity index (χ0) is 25.5. The van der Waals surface area contributed by atoms with E-state index >= 15 is 0 Å². The highest BCUT2D eigenvalue weighted by Gasteiger charge is 2.35. The lowest BCUT2D eigenvalue weighted by molar-refractivity contribution is -0.113. The Hall–Kier alpha value is -3.50. The molecule has 2 amide bonds. The number of carbonyl (C=O) groups is 2. The van der Waals surface area contributed by atoms with Crippen LogP contribution in [0.5, 0.6) is 5.75 Å². The molecule has 3 aromatic rings. The van der Waals surface area contributed by atoms with Crippen LogP contribution in [0.3, 0.4) is 0 Å². The van der Waals surface area contributed by atoms with Crippen molar-refractivity contribution in [2.45, 2.75) is 24.0 Å². The van der Waals surface area contributed by atoms with Crippen molar-refractivity contribution in [3.8, 4) is 5.75 Å². The molecular formula is C27H28N4O5S. The SMILES string of the molecule is COc1ccc2ccc(=O)n(CC3CCN(CC4CN(c5ccc6c(c5)NC(=O)CS6)C(=O)O4)C3)c2c1. The number of hydrogen-bond acceptors (Lipinski definition) is 7. The van der Waals surface area contributed by atoms with Crippen LogP contribution in [-0.2, 0) is 16.1 Å². The first-order chi connectivity index (χ1) is 18.0. The molecule has 1 aromatic heterocycles. The number of amides is 2. The maximum atomic E-state index is 12.7. The van der Waals surface area contributed by atoms with Gasteiger partial charge in [-0.15, -0.1) is 11.8 Å². The van der Waals surface area contributed by atoms with Crippen LogP contribution >= 0.6 is 11.8 Å². The summed E-state index contributed by atoms with van der Waals surface area (Å²) in [5.41, 5.74) is 2.32. The molecule has 0 spiro atoms. The predicted molar refractivity (Wildman–Crippen MR) is 143 cm³/mol. The van der Waals surface area contributed by atoms with Gasteiger partial charge < -0.3 is 19.4 Å². The zero-order valence-electron chi connectivity index (χ0n) is 20.5. The third-order valence-corrected chi connectivity index (χ3v) is 8.33. The van der Waals surface area contributed by atoms with Gasteiger partial charge in [0.15, 0.2) is 0 Å². The zero-order valence-corrected chi connectivity index (χ0v) is 21.3. The lowest BCUT2D eigenvalue weighted by Crippen LogP contribution is -2.34. The molecule has 3 aliphatic heterocycles. The van der Waals surface area contributed by atoms with Crippen LogP contribution in [-0.4, -0.2) is 66.6 Å². The molecule has 4 heterocycles. The van der Waals surface area contributed by atoms with E-state index in [0.717, 1.165) is 52.4 Å². The number of hydrogen-bond donors (Lipinski definition) is 1. The third-order valence-electron chi connectivity index (χ3n) is 7.25. The maximum Gasteiger partial charge on any atom is 0.414 e. The Morgan fingerprint density at radius 1 is 1.05 bits per heavy atom. The molecule has 2 fully saturated rings. The van der Waals surface area contributed by atoms with E-state index in [1.54, 1.807) is 18.1 Å². The molecule has 2 atom stereocenters. The summed E-state index contributed by atoms with van der Waals surface area (Å²) >= 11 is 1.49. The van der Waals surface area contributed by atoms with E-state index in [9.17, 15) is 14.4 Å². The minimum absolute atomic E-state index is 0.0146. The molecule has 2 unspecified atom stereocenters. The first kappa shape index (κ1) is 23.9. The smallest absolute Gasteiger partial charge is 0.414 e. The number of methoxy groups -OCH3 is 1. The van der Waals surface area contributed by atoms with Crippen LogP contribution in [0.25, 0.3) is 10.9 Å². The number of pyridine rings is 1. The average Bonchev–Trinajstić information content (AvgIpc) is 3.50.